The molecule has 1 fully saturated rings. The summed E-state index contributed by atoms with van der Waals surface area (Å²) in [6.07, 6.45) is 0.0361. The highest BCUT2D eigenvalue weighted by molar-refractivity contribution is 5.85. The molecule has 0 spiro atoms. The lowest BCUT2D eigenvalue weighted by Gasteiger charge is -2.17. The Balaban J connectivity index is 0.00000240. The maximum Gasteiger partial charge on any atom is 0.453 e. The van der Waals surface area contributed by atoms with E-state index in [1.165, 1.54) is 0 Å². The Bertz CT molecular complexity index is 1020. The zero-order valence-electron chi connectivity index (χ0n) is 16.0. The lowest BCUT2D eigenvalue weighted by Crippen LogP contribution is -2.34. The molecule has 2 N–H and O–H groups in total. The van der Waals surface area contributed by atoms with E-state index in [2.05, 4.69) is 25.2 Å². The monoisotopic (exact) mass is 431 g/mol. The van der Waals surface area contributed by atoms with Crippen LogP contribution in [0.4, 0.5) is 13.2 Å². The van der Waals surface area contributed by atoms with E-state index in [0.29, 0.717) is 35.9 Å². The van der Waals surface area contributed by atoms with Gasteiger partial charge in [0.25, 0.3) is 11.6 Å². The van der Waals surface area contributed by atoms with Crippen molar-refractivity contribution in [2.75, 3.05) is 0 Å². The van der Waals surface area contributed by atoms with Crippen LogP contribution in [0.15, 0.2) is 4.52 Å². The molecule has 0 aliphatic heterocycles. The van der Waals surface area contributed by atoms with Crippen LogP contribution in [0.5, 0.6) is 0 Å². The molecule has 3 aromatic heterocycles. The minimum Gasteiger partial charge on any atom is -0.339 e. The van der Waals surface area contributed by atoms with Crippen molar-refractivity contribution < 1.29 is 17.7 Å². The zero-order chi connectivity index (χ0) is 20.1. The third kappa shape index (κ3) is 3.93. The van der Waals surface area contributed by atoms with Gasteiger partial charge in [0.1, 0.15) is 0 Å². The fraction of sp³-hybridized carbons (Fsp3) is 0.588. The van der Waals surface area contributed by atoms with Crippen molar-refractivity contribution in [2.45, 2.75) is 64.1 Å². The van der Waals surface area contributed by atoms with Gasteiger partial charge in [-0.1, -0.05) is 18.0 Å². The van der Waals surface area contributed by atoms with E-state index >= 15 is 0 Å². The van der Waals surface area contributed by atoms with Crippen molar-refractivity contribution in [3.05, 3.63) is 34.5 Å². The molecule has 3 aromatic rings. The molecule has 0 bridgehead atoms. The zero-order valence-corrected chi connectivity index (χ0v) is 16.8. The normalized spacial score (nSPS) is 16.3. The fourth-order valence-electron chi connectivity index (χ4n) is 3.71. The van der Waals surface area contributed by atoms with E-state index in [0.717, 1.165) is 35.8 Å². The minimum atomic E-state index is -4.62. The Kier molecular flexibility index (Phi) is 5.56. The van der Waals surface area contributed by atoms with Gasteiger partial charge in [0, 0.05) is 17.8 Å². The van der Waals surface area contributed by atoms with Gasteiger partial charge in [-0.2, -0.15) is 23.1 Å². The van der Waals surface area contributed by atoms with Gasteiger partial charge in [-0.25, -0.2) is 9.50 Å². The summed E-state index contributed by atoms with van der Waals surface area (Å²) in [5.74, 6) is -0.309. The molecule has 1 aliphatic rings. The Morgan fingerprint density at radius 1 is 1.10 bits per heavy atom. The molecule has 0 aromatic carbocycles. The molecule has 8 nitrogen and oxygen atoms in total. The third-order valence-electron chi connectivity index (χ3n) is 5.30. The van der Waals surface area contributed by atoms with Gasteiger partial charge in [0.15, 0.2) is 5.82 Å². The largest absolute Gasteiger partial charge is 0.453 e. The lowest BCUT2D eigenvalue weighted by molar-refractivity contribution is -0.144. The van der Waals surface area contributed by atoms with Crippen LogP contribution in [0.3, 0.4) is 0 Å². The summed E-state index contributed by atoms with van der Waals surface area (Å²) < 4.78 is 45.1. The quantitative estimate of drug-likeness (QED) is 0.676. The van der Waals surface area contributed by atoms with Crippen molar-refractivity contribution >= 4 is 18.2 Å². The maximum atomic E-state index is 12.9. The summed E-state index contributed by atoms with van der Waals surface area (Å²) in [6, 6.07) is 0. The number of aromatic nitrogens is 6. The van der Waals surface area contributed by atoms with Crippen molar-refractivity contribution in [2.24, 2.45) is 5.73 Å². The van der Waals surface area contributed by atoms with Crippen LogP contribution >= 0.6 is 12.4 Å². The first-order valence-electron chi connectivity index (χ1n) is 9.09. The highest BCUT2D eigenvalue weighted by Gasteiger charge is 2.37. The molecular formula is C17H21ClF3N7O. The average molecular weight is 432 g/mol. The molecule has 1 saturated carbocycles. The van der Waals surface area contributed by atoms with Gasteiger partial charge < -0.3 is 10.3 Å². The lowest BCUT2D eigenvalue weighted by atomic mass is 9.98. The summed E-state index contributed by atoms with van der Waals surface area (Å²) in [5.41, 5.74) is 7.74. The van der Waals surface area contributed by atoms with Crippen LogP contribution < -0.4 is 5.73 Å². The SMILES string of the molecule is Cc1nc2nc(C(F)(F)F)nn2c(C)c1CCc1nc(C2(N)CCCC2)no1.Cl. The average Bonchev–Trinajstić information content (AvgIpc) is 3.33. The first kappa shape index (κ1) is 21.4. The van der Waals surface area contributed by atoms with Gasteiger partial charge in [0.05, 0.1) is 5.54 Å². The van der Waals surface area contributed by atoms with Gasteiger partial charge in [0.2, 0.25) is 5.89 Å². The summed E-state index contributed by atoms with van der Waals surface area (Å²) in [5, 5.41) is 7.58. The van der Waals surface area contributed by atoms with E-state index in [-0.39, 0.29) is 18.2 Å². The smallest absolute Gasteiger partial charge is 0.339 e. The molecule has 1 aliphatic carbocycles. The molecule has 3 heterocycles. The minimum absolute atomic E-state index is 0. The van der Waals surface area contributed by atoms with E-state index in [1.807, 2.05) is 0 Å². The van der Waals surface area contributed by atoms with E-state index in [4.69, 9.17) is 10.3 Å². The van der Waals surface area contributed by atoms with Gasteiger partial charge >= 0.3 is 6.18 Å². The number of hydrogen-bond acceptors (Lipinski definition) is 7. The summed E-state index contributed by atoms with van der Waals surface area (Å²) in [7, 11) is 0. The Morgan fingerprint density at radius 2 is 1.79 bits per heavy atom. The highest BCUT2D eigenvalue weighted by Crippen LogP contribution is 2.34. The molecule has 0 atom stereocenters. The van der Waals surface area contributed by atoms with E-state index in [9.17, 15) is 13.2 Å². The number of hydrogen-bond donors (Lipinski definition) is 1. The maximum absolute atomic E-state index is 12.9. The highest BCUT2D eigenvalue weighted by atomic mass is 35.5. The molecule has 0 radical (unpaired) electrons. The first-order chi connectivity index (χ1) is 13.2. The van der Waals surface area contributed by atoms with Gasteiger partial charge in [-0.05, 0) is 38.7 Å². The number of fused-ring (bicyclic) bond motifs is 1. The predicted octanol–water partition coefficient (Wildman–Crippen LogP) is 3.08. The van der Waals surface area contributed by atoms with Gasteiger partial charge in [-0.3, -0.25) is 0 Å². The fourth-order valence-corrected chi connectivity index (χ4v) is 3.71. The van der Waals surface area contributed by atoms with Crippen molar-refractivity contribution in [3.8, 4) is 0 Å². The molecular weight excluding hydrogens is 411 g/mol. The van der Waals surface area contributed by atoms with E-state index in [1.54, 1.807) is 13.8 Å². The molecule has 29 heavy (non-hydrogen) atoms. The Hall–Kier alpha value is -2.27. The second kappa shape index (κ2) is 7.52. The summed E-state index contributed by atoms with van der Waals surface area (Å²) in [6.45, 7) is 3.43. The number of alkyl halides is 3. The summed E-state index contributed by atoms with van der Waals surface area (Å²) in [4.78, 5) is 12.1. The van der Waals surface area contributed by atoms with Crippen LogP contribution in [-0.2, 0) is 24.6 Å². The number of aryl methyl sites for hydroxylation is 3. The van der Waals surface area contributed by atoms with E-state index < -0.39 is 17.5 Å². The van der Waals surface area contributed by atoms with Crippen LogP contribution in [0.25, 0.3) is 5.78 Å². The molecule has 0 amide bonds. The van der Waals surface area contributed by atoms with Crippen LogP contribution in [-0.4, -0.2) is 29.7 Å². The van der Waals surface area contributed by atoms with Crippen LogP contribution in [0.2, 0.25) is 0 Å². The molecule has 12 heteroatoms. The number of rotatable bonds is 4. The van der Waals surface area contributed by atoms with Crippen molar-refractivity contribution in [3.63, 3.8) is 0 Å². The van der Waals surface area contributed by atoms with Crippen LogP contribution in [0.1, 0.15) is 60.2 Å². The van der Waals surface area contributed by atoms with Crippen molar-refractivity contribution in [1.82, 2.24) is 29.7 Å². The number of nitrogens with two attached hydrogens (primary N) is 1. The standard InChI is InChI=1S/C17H20F3N7O.ClH/c1-9-11(10(2)27-15(22-9)24-14(25-27)17(18,19)20)5-6-12-23-13(26-28-12)16(21)7-3-4-8-16;/h3-8,21H2,1-2H3;1H. The van der Waals surface area contributed by atoms with Crippen molar-refractivity contribution in [1.29, 1.82) is 0 Å². The second-order valence-corrected chi connectivity index (χ2v) is 7.28. The second-order valence-electron chi connectivity index (χ2n) is 7.28. The Labute approximate surface area is 170 Å². The molecule has 0 unspecified atom stereocenters. The van der Waals surface area contributed by atoms with Crippen LogP contribution in [0, 0.1) is 13.8 Å². The molecule has 158 valence electrons. The Morgan fingerprint density at radius 3 is 2.45 bits per heavy atom. The molecule has 4 rings (SSSR count). The first-order valence-corrected chi connectivity index (χ1v) is 9.09. The third-order valence-corrected chi connectivity index (χ3v) is 5.30. The topological polar surface area (TPSA) is 108 Å². The predicted molar refractivity (Wildman–Crippen MR) is 98.5 cm³/mol. The summed E-state index contributed by atoms with van der Waals surface area (Å²) >= 11 is 0. The molecule has 0 saturated heterocycles. The number of halogens is 4. The van der Waals surface area contributed by atoms with Gasteiger partial charge in [-0.15, -0.1) is 17.5 Å². The number of nitrogens with zero attached hydrogens (tertiary/aromatic N) is 6.